The Labute approximate surface area is 156 Å². The fourth-order valence-electron chi connectivity index (χ4n) is 4.83. The second kappa shape index (κ2) is 4.89. The van der Waals surface area contributed by atoms with Crippen LogP contribution in [0.2, 0.25) is 0 Å². The fourth-order valence-corrected chi connectivity index (χ4v) is 4.83. The summed E-state index contributed by atoms with van der Waals surface area (Å²) < 4.78 is 10.4. The van der Waals surface area contributed by atoms with Crippen molar-refractivity contribution in [1.82, 2.24) is 4.40 Å². The molecule has 6 rings (SSSR count). The van der Waals surface area contributed by atoms with Gasteiger partial charge in [-0.25, -0.2) is 4.57 Å². The van der Waals surface area contributed by atoms with Crippen LogP contribution in [0.3, 0.4) is 0 Å². The van der Waals surface area contributed by atoms with Crippen molar-refractivity contribution >= 4 is 49.0 Å². The van der Waals surface area contributed by atoms with Gasteiger partial charge in [-0.05, 0) is 36.1 Å². The van der Waals surface area contributed by atoms with E-state index in [-0.39, 0.29) is 0 Å². The zero-order valence-electron chi connectivity index (χ0n) is 15.6. The molecule has 3 heterocycles. The number of fused-ring (bicyclic) bond motifs is 5. The van der Waals surface area contributed by atoms with Gasteiger partial charge in [-0.3, -0.25) is 0 Å². The van der Waals surface area contributed by atoms with E-state index in [1.54, 1.807) is 7.11 Å². The minimum atomic E-state index is 0.925. The molecule has 0 radical (unpaired) electrons. The van der Waals surface area contributed by atoms with Crippen LogP contribution >= 0.6 is 0 Å². The highest BCUT2D eigenvalue weighted by Crippen LogP contribution is 2.42. The van der Waals surface area contributed by atoms with Crippen LogP contribution in [0.25, 0.3) is 49.0 Å². The van der Waals surface area contributed by atoms with Crippen molar-refractivity contribution < 1.29 is 9.30 Å². The highest BCUT2D eigenvalue weighted by molar-refractivity contribution is 6.26. The number of benzene rings is 3. The minimum absolute atomic E-state index is 0.925. The van der Waals surface area contributed by atoms with Crippen molar-refractivity contribution in [2.24, 2.45) is 7.05 Å². The SMILES string of the molecule is COc1cccc2c1c1ccc(C)c3c1n2c1cccc2cc[n+](C)c3c21. The number of rotatable bonds is 1. The molecule has 0 unspecified atom stereocenters. The molecule has 3 nitrogen and oxygen atoms in total. The summed E-state index contributed by atoms with van der Waals surface area (Å²) in [5.41, 5.74) is 6.30. The summed E-state index contributed by atoms with van der Waals surface area (Å²) in [7, 11) is 3.89. The Hall–Kier alpha value is -3.33. The Kier molecular flexibility index (Phi) is 2.68. The van der Waals surface area contributed by atoms with Gasteiger partial charge >= 0.3 is 0 Å². The van der Waals surface area contributed by atoms with E-state index in [9.17, 15) is 0 Å². The number of ether oxygens (including phenoxy) is 1. The van der Waals surface area contributed by atoms with Gasteiger partial charge in [0.2, 0.25) is 5.52 Å². The average molecular weight is 351 g/mol. The van der Waals surface area contributed by atoms with Crippen LogP contribution in [-0.4, -0.2) is 11.5 Å². The zero-order chi connectivity index (χ0) is 18.3. The van der Waals surface area contributed by atoms with E-state index in [0.29, 0.717) is 0 Å². The predicted molar refractivity (Wildman–Crippen MR) is 111 cm³/mol. The highest BCUT2D eigenvalue weighted by Gasteiger charge is 2.24. The van der Waals surface area contributed by atoms with E-state index in [2.05, 4.69) is 83.7 Å². The van der Waals surface area contributed by atoms with Gasteiger partial charge in [-0.2, -0.15) is 0 Å². The summed E-state index contributed by atoms with van der Waals surface area (Å²) >= 11 is 0. The third-order valence-electron chi connectivity index (χ3n) is 5.96. The largest absolute Gasteiger partial charge is 0.496 e. The third kappa shape index (κ3) is 1.65. The van der Waals surface area contributed by atoms with Gasteiger partial charge in [0.05, 0.1) is 34.4 Å². The number of pyridine rings is 2. The third-order valence-corrected chi connectivity index (χ3v) is 5.96. The molecule has 3 aromatic heterocycles. The number of methoxy groups -OCH3 is 1. The molecule has 3 heteroatoms. The second-order valence-electron chi connectivity index (χ2n) is 7.36. The van der Waals surface area contributed by atoms with E-state index >= 15 is 0 Å². The second-order valence-corrected chi connectivity index (χ2v) is 7.36. The van der Waals surface area contributed by atoms with Crippen LogP contribution in [0, 0.1) is 6.92 Å². The molecular formula is C24H19N2O+. The molecular weight excluding hydrogens is 332 g/mol. The van der Waals surface area contributed by atoms with Crippen molar-refractivity contribution in [1.29, 1.82) is 0 Å². The smallest absolute Gasteiger partial charge is 0.224 e. The first-order chi connectivity index (χ1) is 13.2. The molecule has 0 aliphatic carbocycles. The van der Waals surface area contributed by atoms with Crippen molar-refractivity contribution in [3.63, 3.8) is 0 Å². The quantitative estimate of drug-likeness (QED) is 0.228. The normalized spacial score (nSPS) is 12.3. The lowest BCUT2D eigenvalue weighted by molar-refractivity contribution is -0.643. The summed E-state index contributed by atoms with van der Waals surface area (Å²) in [6.45, 7) is 2.21. The van der Waals surface area contributed by atoms with E-state index in [1.807, 2.05) is 0 Å². The van der Waals surface area contributed by atoms with Gasteiger partial charge in [0.1, 0.15) is 12.8 Å². The number of hydrogen-bond donors (Lipinski definition) is 0. The summed E-state index contributed by atoms with van der Waals surface area (Å²) in [4.78, 5) is 0. The molecule has 130 valence electrons. The van der Waals surface area contributed by atoms with Gasteiger partial charge in [0.25, 0.3) is 0 Å². The monoisotopic (exact) mass is 351 g/mol. The summed E-state index contributed by atoms with van der Waals surface area (Å²) in [6.07, 6.45) is 2.17. The Morgan fingerprint density at radius 2 is 1.63 bits per heavy atom. The lowest BCUT2D eigenvalue weighted by atomic mass is 10.00. The molecule has 0 aliphatic rings. The Morgan fingerprint density at radius 1 is 0.852 bits per heavy atom. The minimum Gasteiger partial charge on any atom is -0.496 e. The average Bonchev–Trinajstić information content (AvgIpc) is 3.03. The maximum absolute atomic E-state index is 5.74. The van der Waals surface area contributed by atoms with Crippen molar-refractivity contribution in [2.75, 3.05) is 7.11 Å². The van der Waals surface area contributed by atoms with Gasteiger partial charge in [0.15, 0.2) is 6.20 Å². The Morgan fingerprint density at radius 3 is 2.44 bits per heavy atom. The number of hydrogen-bond acceptors (Lipinski definition) is 1. The molecule has 0 atom stereocenters. The molecule has 3 aromatic carbocycles. The van der Waals surface area contributed by atoms with Gasteiger partial charge in [-0.15, -0.1) is 0 Å². The number of nitrogens with zero attached hydrogens (tertiary/aromatic N) is 2. The lowest BCUT2D eigenvalue weighted by Crippen LogP contribution is -2.28. The first-order valence-corrected chi connectivity index (χ1v) is 9.23. The maximum Gasteiger partial charge on any atom is 0.224 e. The van der Waals surface area contributed by atoms with E-state index in [1.165, 1.54) is 54.6 Å². The van der Waals surface area contributed by atoms with Crippen molar-refractivity contribution in [2.45, 2.75) is 6.92 Å². The molecule has 0 saturated heterocycles. The molecule has 0 bridgehead atoms. The van der Waals surface area contributed by atoms with Crippen LogP contribution in [-0.2, 0) is 7.05 Å². The summed E-state index contributed by atoms with van der Waals surface area (Å²) in [6, 6.07) is 19.6. The van der Waals surface area contributed by atoms with Crippen LogP contribution in [0.5, 0.6) is 5.75 Å². The molecule has 0 fully saturated rings. The molecule has 27 heavy (non-hydrogen) atoms. The van der Waals surface area contributed by atoms with Gasteiger partial charge < -0.3 is 9.14 Å². The maximum atomic E-state index is 5.74. The first-order valence-electron chi connectivity index (χ1n) is 9.23. The number of aromatic nitrogens is 2. The van der Waals surface area contributed by atoms with Crippen molar-refractivity contribution in [3.05, 3.63) is 66.4 Å². The first kappa shape index (κ1) is 14.8. The molecule has 0 amide bonds. The summed E-state index contributed by atoms with van der Waals surface area (Å²) in [5.74, 6) is 0.925. The van der Waals surface area contributed by atoms with E-state index in [0.717, 1.165) is 5.75 Å². The summed E-state index contributed by atoms with van der Waals surface area (Å²) in [5, 5.41) is 6.33. The molecule has 6 aromatic rings. The zero-order valence-corrected chi connectivity index (χ0v) is 15.6. The van der Waals surface area contributed by atoms with Crippen LogP contribution in [0.4, 0.5) is 0 Å². The molecule has 0 aliphatic heterocycles. The standard InChI is InChI=1S/C24H19N2O/c1-14-10-11-16-22-18(8-5-9-19(22)27-3)26-17-7-4-6-15-12-13-25(2)24(21(15)17)20(14)23(16)26/h4-13H,1-3H3/q+1. The molecule has 0 N–H and O–H groups in total. The Bertz CT molecular complexity index is 1520. The highest BCUT2D eigenvalue weighted by atomic mass is 16.5. The predicted octanol–water partition coefficient (Wildman–Crippen LogP) is 5.13. The van der Waals surface area contributed by atoms with E-state index in [4.69, 9.17) is 4.74 Å². The number of aryl methyl sites for hydroxylation is 2. The topological polar surface area (TPSA) is 17.5 Å². The van der Waals surface area contributed by atoms with Crippen LogP contribution in [0.15, 0.2) is 60.8 Å². The Balaban J connectivity index is 2.13. The van der Waals surface area contributed by atoms with E-state index < -0.39 is 0 Å². The van der Waals surface area contributed by atoms with Crippen molar-refractivity contribution in [3.8, 4) is 5.75 Å². The molecule has 0 saturated carbocycles. The van der Waals surface area contributed by atoms with Gasteiger partial charge in [-0.1, -0.05) is 30.3 Å². The van der Waals surface area contributed by atoms with Crippen LogP contribution in [0.1, 0.15) is 5.56 Å². The van der Waals surface area contributed by atoms with Gasteiger partial charge in [0, 0.05) is 16.8 Å². The van der Waals surface area contributed by atoms with Crippen LogP contribution < -0.4 is 9.30 Å². The molecule has 0 spiro atoms. The fraction of sp³-hybridized carbons (Fsp3) is 0.125. The lowest BCUT2D eigenvalue weighted by Gasteiger charge is -2.12.